The van der Waals surface area contributed by atoms with E-state index in [4.69, 9.17) is 9.47 Å². The van der Waals surface area contributed by atoms with Gasteiger partial charge in [-0.3, -0.25) is 10.1 Å². The van der Waals surface area contributed by atoms with Gasteiger partial charge >= 0.3 is 0 Å². The molecule has 0 bridgehead atoms. The van der Waals surface area contributed by atoms with E-state index < -0.39 is 0 Å². The third-order valence-corrected chi connectivity index (χ3v) is 5.24. The van der Waals surface area contributed by atoms with Gasteiger partial charge in [-0.05, 0) is 42.3 Å². The van der Waals surface area contributed by atoms with E-state index >= 15 is 0 Å². The molecule has 150 valence electrons. The van der Waals surface area contributed by atoms with Crippen molar-refractivity contribution < 1.29 is 14.3 Å². The number of nitrogens with one attached hydrogen (secondary N) is 1. The van der Waals surface area contributed by atoms with Crippen molar-refractivity contribution in [3.8, 4) is 22.8 Å². The fraction of sp³-hybridized carbons (Fsp3) is 0.182. The van der Waals surface area contributed by atoms with Gasteiger partial charge in [0.1, 0.15) is 0 Å². The molecule has 2 aromatic carbocycles. The summed E-state index contributed by atoms with van der Waals surface area (Å²) >= 11 is 4.81. The summed E-state index contributed by atoms with van der Waals surface area (Å²) in [5.74, 6) is 1.09. The first-order chi connectivity index (χ1) is 14.1. The number of carbonyl (C=O) groups excluding carboxylic acids is 1. The molecule has 0 radical (unpaired) electrons. The number of benzene rings is 2. The van der Waals surface area contributed by atoms with E-state index in [1.165, 1.54) is 17.4 Å². The van der Waals surface area contributed by atoms with Gasteiger partial charge in [0.05, 0.1) is 19.4 Å². The van der Waals surface area contributed by atoms with Gasteiger partial charge in [0.2, 0.25) is 5.91 Å². The van der Waals surface area contributed by atoms with E-state index in [9.17, 15) is 4.79 Å². The van der Waals surface area contributed by atoms with Gasteiger partial charge in [-0.1, -0.05) is 41.1 Å². The Bertz CT molecular complexity index is 1000. The molecule has 3 aromatic rings. The first kappa shape index (κ1) is 21.1. The number of hydrogen-bond acceptors (Lipinski definition) is 5. The second kappa shape index (κ2) is 10.2. The second-order valence-corrected chi connectivity index (χ2v) is 7.90. The number of rotatable bonds is 8. The zero-order valence-corrected chi connectivity index (χ0v) is 18.5. The number of aromatic nitrogens is 1. The van der Waals surface area contributed by atoms with Crippen molar-refractivity contribution in [3.05, 3.63) is 64.0 Å². The summed E-state index contributed by atoms with van der Waals surface area (Å²) in [7, 11) is 1.60. The Morgan fingerprint density at radius 1 is 1.21 bits per heavy atom. The highest BCUT2D eigenvalue weighted by Gasteiger charge is 2.07. The lowest BCUT2D eigenvalue weighted by atomic mass is 10.2. The fourth-order valence-corrected chi connectivity index (χ4v) is 3.51. The molecule has 5 nitrogen and oxygen atoms in total. The van der Waals surface area contributed by atoms with E-state index in [1.807, 2.05) is 54.8 Å². The van der Waals surface area contributed by atoms with Gasteiger partial charge in [0.25, 0.3) is 0 Å². The Morgan fingerprint density at radius 2 is 2.00 bits per heavy atom. The first-order valence-electron chi connectivity index (χ1n) is 9.10. The number of thiazole rings is 1. The van der Waals surface area contributed by atoms with Gasteiger partial charge in [0, 0.05) is 21.5 Å². The SMILES string of the molecule is CCCOc1ccc(/C=C/C(=O)Nc2nc(-c3ccc(Br)cc3)cs2)cc1OC. The van der Waals surface area contributed by atoms with Crippen molar-refractivity contribution in [1.82, 2.24) is 4.98 Å². The van der Waals surface area contributed by atoms with E-state index in [1.54, 1.807) is 13.2 Å². The molecular weight excluding hydrogens is 452 g/mol. The van der Waals surface area contributed by atoms with Gasteiger partial charge in [-0.15, -0.1) is 11.3 Å². The van der Waals surface area contributed by atoms with Crippen LogP contribution in [-0.4, -0.2) is 24.6 Å². The molecule has 0 fully saturated rings. The summed E-state index contributed by atoms with van der Waals surface area (Å²) in [5, 5.41) is 5.27. The predicted octanol–water partition coefficient (Wildman–Crippen LogP) is 6.02. The monoisotopic (exact) mass is 472 g/mol. The largest absolute Gasteiger partial charge is 0.493 e. The smallest absolute Gasteiger partial charge is 0.250 e. The Kier molecular flexibility index (Phi) is 7.43. The van der Waals surface area contributed by atoms with Gasteiger partial charge in [-0.2, -0.15) is 0 Å². The highest BCUT2D eigenvalue weighted by Crippen LogP contribution is 2.29. The Labute approximate surface area is 182 Å². The summed E-state index contributed by atoms with van der Waals surface area (Å²) in [6.07, 6.45) is 4.12. The molecule has 1 aromatic heterocycles. The minimum atomic E-state index is -0.244. The Morgan fingerprint density at radius 3 is 2.72 bits per heavy atom. The minimum absolute atomic E-state index is 0.244. The maximum atomic E-state index is 12.2. The van der Waals surface area contributed by atoms with Crippen LogP contribution in [0.1, 0.15) is 18.9 Å². The molecule has 0 aliphatic rings. The van der Waals surface area contributed by atoms with Crippen LogP contribution < -0.4 is 14.8 Å². The maximum absolute atomic E-state index is 12.2. The summed E-state index contributed by atoms with van der Waals surface area (Å²) < 4.78 is 12.0. The lowest BCUT2D eigenvalue weighted by Gasteiger charge is -2.10. The topological polar surface area (TPSA) is 60.5 Å². The summed E-state index contributed by atoms with van der Waals surface area (Å²) in [4.78, 5) is 16.7. The Balaban J connectivity index is 1.63. The number of methoxy groups -OCH3 is 1. The molecule has 1 N–H and O–H groups in total. The van der Waals surface area contributed by atoms with E-state index in [-0.39, 0.29) is 5.91 Å². The third kappa shape index (κ3) is 5.92. The van der Waals surface area contributed by atoms with Crippen molar-refractivity contribution in [1.29, 1.82) is 0 Å². The van der Waals surface area contributed by atoms with Gasteiger partial charge in [0.15, 0.2) is 16.6 Å². The van der Waals surface area contributed by atoms with Crippen molar-refractivity contribution in [3.63, 3.8) is 0 Å². The van der Waals surface area contributed by atoms with Gasteiger partial charge in [-0.25, -0.2) is 4.98 Å². The van der Waals surface area contributed by atoms with Crippen LogP contribution in [0.5, 0.6) is 11.5 Å². The molecule has 1 amide bonds. The number of hydrogen-bond donors (Lipinski definition) is 1. The average molecular weight is 473 g/mol. The van der Waals surface area contributed by atoms with E-state index in [0.29, 0.717) is 23.2 Å². The average Bonchev–Trinajstić information content (AvgIpc) is 3.19. The molecular formula is C22H21BrN2O3S. The number of amides is 1. The molecule has 7 heteroatoms. The molecule has 0 aliphatic heterocycles. The van der Waals surface area contributed by atoms with Crippen LogP contribution in [0.4, 0.5) is 5.13 Å². The molecule has 0 spiro atoms. The zero-order chi connectivity index (χ0) is 20.6. The molecule has 0 aliphatic carbocycles. The first-order valence-corrected chi connectivity index (χ1v) is 10.8. The van der Waals surface area contributed by atoms with Crippen LogP contribution >= 0.6 is 27.3 Å². The lowest BCUT2D eigenvalue weighted by molar-refractivity contribution is -0.111. The van der Waals surface area contributed by atoms with Crippen LogP contribution in [0.25, 0.3) is 17.3 Å². The third-order valence-electron chi connectivity index (χ3n) is 3.95. The normalized spacial score (nSPS) is 10.9. The molecule has 0 saturated heterocycles. The number of halogens is 1. The lowest BCUT2D eigenvalue weighted by Crippen LogP contribution is -2.07. The van der Waals surface area contributed by atoms with Crippen LogP contribution in [-0.2, 0) is 4.79 Å². The molecule has 0 unspecified atom stereocenters. The van der Waals surface area contributed by atoms with Crippen molar-refractivity contribution in [2.45, 2.75) is 13.3 Å². The van der Waals surface area contributed by atoms with Gasteiger partial charge < -0.3 is 9.47 Å². The minimum Gasteiger partial charge on any atom is -0.493 e. The molecule has 3 rings (SSSR count). The van der Waals surface area contributed by atoms with E-state index in [2.05, 4.69) is 26.2 Å². The van der Waals surface area contributed by atoms with Crippen molar-refractivity contribution >= 4 is 44.4 Å². The highest BCUT2D eigenvalue weighted by atomic mass is 79.9. The number of carbonyl (C=O) groups is 1. The zero-order valence-electron chi connectivity index (χ0n) is 16.1. The number of nitrogens with zero attached hydrogens (tertiary/aromatic N) is 1. The number of ether oxygens (including phenoxy) is 2. The van der Waals surface area contributed by atoms with Crippen LogP contribution in [0.15, 0.2) is 58.4 Å². The highest BCUT2D eigenvalue weighted by molar-refractivity contribution is 9.10. The predicted molar refractivity (Wildman–Crippen MR) is 122 cm³/mol. The molecule has 1 heterocycles. The standard InChI is InChI=1S/C22H21BrN2O3S/c1-3-12-28-19-10-4-15(13-20(19)27-2)5-11-21(26)25-22-24-18(14-29-22)16-6-8-17(23)9-7-16/h4-11,13-14H,3,12H2,1-2H3,(H,24,25,26)/b11-5+. The molecule has 29 heavy (non-hydrogen) atoms. The van der Waals surface area contributed by atoms with Crippen LogP contribution in [0, 0.1) is 0 Å². The quantitative estimate of drug-likeness (QED) is 0.407. The summed E-state index contributed by atoms with van der Waals surface area (Å²) in [5.41, 5.74) is 2.67. The fourth-order valence-electron chi connectivity index (χ4n) is 2.52. The molecule has 0 atom stereocenters. The number of anilines is 1. The summed E-state index contributed by atoms with van der Waals surface area (Å²) in [6, 6.07) is 13.4. The second-order valence-electron chi connectivity index (χ2n) is 6.13. The summed E-state index contributed by atoms with van der Waals surface area (Å²) in [6.45, 7) is 2.68. The van der Waals surface area contributed by atoms with Crippen LogP contribution in [0.3, 0.4) is 0 Å². The van der Waals surface area contributed by atoms with Crippen LogP contribution in [0.2, 0.25) is 0 Å². The molecule has 0 saturated carbocycles. The van der Waals surface area contributed by atoms with Crippen molar-refractivity contribution in [2.24, 2.45) is 0 Å². The van der Waals surface area contributed by atoms with E-state index in [0.717, 1.165) is 27.7 Å². The Hall–Kier alpha value is -2.64. The maximum Gasteiger partial charge on any atom is 0.250 e. The van der Waals surface area contributed by atoms with Crippen molar-refractivity contribution in [2.75, 3.05) is 19.0 Å².